The van der Waals surface area contributed by atoms with Crippen molar-refractivity contribution in [2.45, 2.75) is 27.2 Å². The minimum atomic E-state index is -0.236. The van der Waals surface area contributed by atoms with Crippen molar-refractivity contribution in [3.05, 3.63) is 53.1 Å². The van der Waals surface area contributed by atoms with Crippen molar-refractivity contribution in [2.24, 2.45) is 5.10 Å². The Bertz CT molecular complexity index is 803. The number of amides is 1. The summed E-state index contributed by atoms with van der Waals surface area (Å²) >= 11 is 0. The van der Waals surface area contributed by atoms with Gasteiger partial charge in [-0.3, -0.25) is 4.79 Å². The number of hydrogen-bond acceptors (Lipinski definition) is 5. The van der Waals surface area contributed by atoms with Gasteiger partial charge in [-0.2, -0.15) is 5.10 Å². The molecule has 0 atom stereocenters. The molecule has 0 heterocycles. The van der Waals surface area contributed by atoms with E-state index in [9.17, 15) is 4.79 Å². The van der Waals surface area contributed by atoms with Crippen LogP contribution in [0.1, 0.15) is 30.0 Å². The summed E-state index contributed by atoms with van der Waals surface area (Å²) < 4.78 is 17.1. The fraction of sp³-hybridized carbons (Fsp3) is 0.333. The lowest BCUT2D eigenvalue weighted by Crippen LogP contribution is -2.12. The first kappa shape index (κ1) is 20.3. The Kier molecular flexibility index (Phi) is 7.67. The molecule has 2 aromatic carbocycles. The van der Waals surface area contributed by atoms with Gasteiger partial charge < -0.3 is 14.2 Å². The highest BCUT2D eigenvalue weighted by Crippen LogP contribution is 2.30. The maximum atomic E-state index is 11.0. The highest BCUT2D eigenvalue weighted by atomic mass is 16.5. The smallest absolute Gasteiger partial charge is 0.236 e. The summed E-state index contributed by atoms with van der Waals surface area (Å²) in [4.78, 5) is 11.0. The summed E-state index contributed by atoms with van der Waals surface area (Å²) in [7, 11) is 1.58. The maximum Gasteiger partial charge on any atom is 0.236 e. The molecule has 6 heteroatoms. The molecule has 1 N–H and O–H groups in total. The molecular formula is C21H26N2O4. The van der Waals surface area contributed by atoms with E-state index < -0.39 is 0 Å². The monoisotopic (exact) mass is 370 g/mol. The third kappa shape index (κ3) is 6.33. The molecular weight excluding hydrogens is 344 g/mol. The molecule has 2 rings (SSSR count). The number of carbonyl (C=O) groups is 1. The highest BCUT2D eigenvalue weighted by Gasteiger charge is 2.09. The van der Waals surface area contributed by atoms with Gasteiger partial charge in [-0.25, -0.2) is 5.43 Å². The van der Waals surface area contributed by atoms with E-state index in [1.807, 2.05) is 38.1 Å². The lowest BCUT2D eigenvalue weighted by molar-refractivity contribution is -0.118. The molecule has 6 nitrogen and oxygen atoms in total. The predicted octanol–water partition coefficient (Wildman–Crippen LogP) is 3.63. The number of benzene rings is 2. The Morgan fingerprint density at radius 3 is 2.63 bits per heavy atom. The third-order valence-electron chi connectivity index (χ3n) is 3.79. The zero-order valence-electron chi connectivity index (χ0n) is 16.2. The second kappa shape index (κ2) is 10.2. The van der Waals surface area contributed by atoms with Gasteiger partial charge in [0.2, 0.25) is 5.91 Å². The van der Waals surface area contributed by atoms with E-state index in [4.69, 9.17) is 14.2 Å². The van der Waals surface area contributed by atoms with E-state index >= 15 is 0 Å². The third-order valence-corrected chi connectivity index (χ3v) is 3.79. The maximum absolute atomic E-state index is 11.0. The minimum absolute atomic E-state index is 0.236. The molecule has 0 bridgehead atoms. The average Bonchev–Trinajstić information content (AvgIpc) is 2.64. The summed E-state index contributed by atoms with van der Waals surface area (Å²) in [6.45, 7) is 6.49. The Balaban J connectivity index is 1.93. The summed E-state index contributed by atoms with van der Waals surface area (Å²) in [6, 6.07) is 11.7. The van der Waals surface area contributed by atoms with Crippen LogP contribution >= 0.6 is 0 Å². The van der Waals surface area contributed by atoms with Crippen molar-refractivity contribution in [1.82, 2.24) is 5.43 Å². The van der Waals surface area contributed by atoms with Gasteiger partial charge in [-0.15, -0.1) is 0 Å². The summed E-state index contributed by atoms with van der Waals surface area (Å²) in [5.74, 6) is 1.86. The number of nitrogens with one attached hydrogen (secondary N) is 1. The Morgan fingerprint density at radius 2 is 1.89 bits per heavy atom. The van der Waals surface area contributed by atoms with Crippen molar-refractivity contribution < 1.29 is 19.0 Å². The van der Waals surface area contributed by atoms with Gasteiger partial charge in [0.05, 0.1) is 26.5 Å². The normalized spacial score (nSPS) is 10.7. The van der Waals surface area contributed by atoms with Crippen LogP contribution in [0.2, 0.25) is 0 Å². The largest absolute Gasteiger partial charge is 0.493 e. The molecule has 27 heavy (non-hydrogen) atoms. The number of carbonyl (C=O) groups excluding carboxylic acids is 1. The molecule has 0 aromatic heterocycles. The molecule has 0 spiro atoms. The number of nitrogens with zero attached hydrogens (tertiary/aromatic N) is 1. The van der Waals surface area contributed by atoms with Crippen molar-refractivity contribution in [3.8, 4) is 17.2 Å². The van der Waals surface area contributed by atoms with E-state index in [1.165, 1.54) is 18.7 Å². The SMILES string of the molecule is COc1cccc(/C=N/NC(C)=O)c1OCCCOc1cc(C)ccc1C. The van der Waals surface area contributed by atoms with Crippen molar-refractivity contribution in [3.63, 3.8) is 0 Å². The molecule has 0 aliphatic rings. The summed E-state index contributed by atoms with van der Waals surface area (Å²) in [6.07, 6.45) is 2.25. The molecule has 0 aliphatic carbocycles. The number of hydrazone groups is 1. The fourth-order valence-corrected chi connectivity index (χ4v) is 2.42. The van der Waals surface area contributed by atoms with E-state index in [0.29, 0.717) is 31.1 Å². The first-order chi connectivity index (χ1) is 13.0. The molecule has 144 valence electrons. The second-order valence-electron chi connectivity index (χ2n) is 6.12. The van der Waals surface area contributed by atoms with Crippen LogP contribution in [0.5, 0.6) is 17.2 Å². The van der Waals surface area contributed by atoms with Crippen molar-refractivity contribution >= 4 is 12.1 Å². The lowest BCUT2D eigenvalue weighted by Gasteiger charge is -2.14. The molecule has 2 aromatic rings. The van der Waals surface area contributed by atoms with Gasteiger partial charge in [-0.05, 0) is 43.2 Å². The van der Waals surface area contributed by atoms with Gasteiger partial charge in [0.15, 0.2) is 11.5 Å². The molecule has 0 saturated heterocycles. The molecule has 0 saturated carbocycles. The van der Waals surface area contributed by atoms with E-state index in [1.54, 1.807) is 7.11 Å². The highest BCUT2D eigenvalue weighted by molar-refractivity contribution is 5.86. The average molecular weight is 370 g/mol. The Hall–Kier alpha value is -3.02. The van der Waals surface area contributed by atoms with Crippen LogP contribution in [0.3, 0.4) is 0 Å². The summed E-state index contributed by atoms with van der Waals surface area (Å²) in [5, 5.41) is 3.89. The first-order valence-corrected chi connectivity index (χ1v) is 8.80. The quantitative estimate of drug-likeness (QED) is 0.416. The summed E-state index contributed by atoms with van der Waals surface area (Å²) in [5.41, 5.74) is 5.38. The van der Waals surface area contributed by atoms with Crippen LogP contribution in [0.15, 0.2) is 41.5 Å². The number of aryl methyl sites for hydroxylation is 2. The van der Waals surface area contributed by atoms with E-state index in [-0.39, 0.29) is 5.91 Å². The van der Waals surface area contributed by atoms with Crippen LogP contribution in [0.25, 0.3) is 0 Å². The Morgan fingerprint density at radius 1 is 1.11 bits per heavy atom. The van der Waals surface area contributed by atoms with Gasteiger partial charge in [-0.1, -0.05) is 18.2 Å². The number of hydrogen-bond donors (Lipinski definition) is 1. The van der Waals surface area contributed by atoms with E-state index in [0.717, 1.165) is 16.9 Å². The van der Waals surface area contributed by atoms with E-state index in [2.05, 4.69) is 22.7 Å². The lowest BCUT2D eigenvalue weighted by atomic mass is 10.1. The van der Waals surface area contributed by atoms with Crippen molar-refractivity contribution in [1.29, 1.82) is 0 Å². The van der Waals surface area contributed by atoms with Gasteiger partial charge in [0.25, 0.3) is 0 Å². The van der Waals surface area contributed by atoms with Crippen molar-refractivity contribution in [2.75, 3.05) is 20.3 Å². The minimum Gasteiger partial charge on any atom is -0.493 e. The van der Waals surface area contributed by atoms with Crippen LogP contribution in [0.4, 0.5) is 0 Å². The zero-order chi connectivity index (χ0) is 19.6. The fourth-order valence-electron chi connectivity index (χ4n) is 2.42. The molecule has 0 unspecified atom stereocenters. The standard InChI is InChI=1S/C21H26N2O4/c1-15-9-10-16(2)20(13-15)26-11-6-12-27-21-18(14-22-23-17(3)24)7-5-8-19(21)25-4/h5,7-10,13-14H,6,11-12H2,1-4H3,(H,23,24)/b22-14+. The predicted molar refractivity (Wildman–Crippen MR) is 106 cm³/mol. The molecule has 0 fully saturated rings. The molecule has 1 amide bonds. The number of ether oxygens (including phenoxy) is 3. The first-order valence-electron chi connectivity index (χ1n) is 8.80. The number of para-hydroxylation sites is 1. The Labute approximate surface area is 160 Å². The number of methoxy groups -OCH3 is 1. The number of rotatable bonds is 9. The van der Waals surface area contributed by atoms with Crippen LogP contribution in [-0.2, 0) is 4.79 Å². The van der Waals surface area contributed by atoms with Crippen LogP contribution in [0, 0.1) is 13.8 Å². The van der Waals surface area contributed by atoms with Gasteiger partial charge >= 0.3 is 0 Å². The van der Waals surface area contributed by atoms with Gasteiger partial charge in [0.1, 0.15) is 5.75 Å². The van der Waals surface area contributed by atoms with Crippen LogP contribution < -0.4 is 19.6 Å². The zero-order valence-corrected chi connectivity index (χ0v) is 16.2. The molecule has 0 radical (unpaired) electrons. The van der Waals surface area contributed by atoms with Crippen LogP contribution in [-0.4, -0.2) is 32.4 Å². The van der Waals surface area contributed by atoms with Gasteiger partial charge in [0, 0.05) is 18.9 Å². The second-order valence-corrected chi connectivity index (χ2v) is 6.12. The topological polar surface area (TPSA) is 69.2 Å². The molecule has 0 aliphatic heterocycles.